The van der Waals surface area contributed by atoms with Crippen molar-refractivity contribution < 1.29 is 4.74 Å². The molecule has 0 heterocycles. The molecule has 0 N–H and O–H groups in total. The average molecular weight is 306 g/mol. The molecular formula is C13H18BrClO. The minimum absolute atomic E-state index is 0.0651. The van der Waals surface area contributed by atoms with Gasteiger partial charge in [-0.25, -0.2) is 0 Å². The van der Waals surface area contributed by atoms with E-state index in [1.54, 1.807) is 7.11 Å². The molecule has 0 amide bonds. The minimum atomic E-state index is 0.0651. The van der Waals surface area contributed by atoms with Crippen LogP contribution >= 0.6 is 27.5 Å². The monoisotopic (exact) mass is 304 g/mol. The first-order chi connectivity index (χ1) is 7.63. The zero-order valence-corrected chi connectivity index (χ0v) is 12.3. The van der Waals surface area contributed by atoms with E-state index in [2.05, 4.69) is 29.8 Å². The van der Waals surface area contributed by atoms with Crippen molar-refractivity contribution in [2.75, 3.05) is 7.11 Å². The van der Waals surface area contributed by atoms with Crippen LogP contribution in [0.1, 0.15) is 37.6 Å². The first kappa shape index (κ1) is 13.9. The van der Waals surface area contributed by atoms with Gasteiger partial charge >= 0.3 is 0 Å². The highest BCUT2D eigenvalue weighted by Gasteiger charge is 2.20. The maximum atomic E-state index is 6.50. The van der Waals surface area contributed by atoms with Crippen LogP contribution in [0.3, 0.4) is 0 Å². The fraction of sp³-hybridized carbons (Fsp3) is 0.538. The molecule has 3 heteroatoms. The van der Waals surface area contributed by atoms with E-state index in [9.17, 15) is 0 Å². The van der Waals surface area contributed by atoms with Crippen LogP contribution in [0.15, 0.2) is 22.7 Å². The third-order valence-electron chi connectivity index (χ3n) is 2.97. The molecule has 1 rings (SSSR count). The molecule has 0 fully saturated rings. The molecule has 1 unspecified atom stereocenters. The van der Waals surface area contributed by atoms with Crippen molar-refractivity contribution in [2.24, 2.45) is 5.92 Å². The van der Waals surface area contributed by atoms with Crippen molar-refractivity contribution in [3.63, 3.8) is 0 Å². The number of alkyl halides is 1. The summed E-state index contributed by atoms with van der Waals surface area (Å²) in [7, 11) is 1.67. The second kappa shape index (κ2) is 6.51. The van der Waals surface area contributed by atoms with E-state index in [0.29, 0.717) is 5.92 Å². The van der Waals surface area contributed by atoms with Crippen molar-refractivity contribution in [3.8, 4) is 5.75 Å². The van der Waals surface area contributed by atoms with Crippen molar-refractivity contribution in [1.29, 1.82) is 0 Å². The zero-order chi connectivity index (χ0) is 12.1. The Morgan fingerprint density at radius 2 is 1.94 bits per heavy atom. The van der Waals surface area contributed by atoms with Gasteiger partial charge in [-0.15, -0.1) is 11.6 Å². The van der Waals surface area contributed by atoms with Crippen LogP contribution in [0.4, 0.5) is 0 Å². The smallest absolute Gasteiger partial charge is 0.120 e. The fourth-order valence-corrected chi connectivity index (χ4v) is 3.10. The van der Waals surface area contributed by atoms with Gasteiger partial charge in [-0.2, -0.15) is 0 Å². The molecule has 0 aliphatic rings. The Kier molecular flexibility index (Phi) is 5.63. The molecule has 0 saturated heterocycles. The summed E-state index contributed by atoms with van der Waals surface area (Å²) in [6.45, 7) is 4.36. The van der Waals surface area contributed by atoms with E-state index in [-0.39, 0.29) is 5.38 Å². The molecule has 0 bridgehead atoms. The van der Waals surface area contributed by atoms with Crippen LogP contribution < -0.4 is 4.74 Å². The maximum Gasteiger partial charge on any atom is 0.120 e. The Balaban J connectivity index is 2.95. The second-order valence-corrected chi connectivity index (χ2v) is 5.19. The predicted octanol–water partition coefficient (Wildman–Crippen LogP) is 5.17. The van der Waals surface area contributed by atoms with Gasteiger partial charge in [0, 0.05) is 4.47 Å². The molecule has 1 aromatic rings. The molecule has 0 aliphatic heterocycles. The lowest BCUT2D eigenvalue weighted by molar-refractivity contribution is 0.413. The Labute approximate surface area is 111 Å². The molecule has 0 saturated carbocycles. The summed E-state index contributed by atoms with van der Waals surface area (Å²) in [6.07, 6.45) is 2.20. The molecule has 0 spiro atoms. The standard InChI is InChI=1S/C13H18BrClO/c1-4-9(5-2)13(15)11-7-6-10(16-3)8-12(11)14/h6-9,13H,4-5H2,1-3H3. The lowest BCUT2D eigenvalue weighted by atomic mass is 9.94. The Morgan fingerprint density at radius 1 is 1.31 bits per heavy atom. The van der Waals surface area contributed by atoms with Gasteiger partial charge in [-0.3, -0.25) is 0 Å². The van der Waals surface area contributed by atoms with Gasteiger partial charge in [0.25, 0.3) is 0 Å². The Morgan fingerprint density at radius 3 is 2.38 bits per heavy atom. The topological polar surface area (TPSA) is 9.23 Å². The largest absolute Gasteiger partial charge is 0.497 e. The van der Waals surface area contributed by atoms with Gasteiger partial charge in [-0.05, 0) is 23.6 Å². The summed E-state index contributed by atoms with van der Waals surface area (Å²) in [4.78, 5) is 0. The van der Waals surface area contributed by atoms with Gasteiger partial charge in [0.15, 0.2) is 0 Å². The first-order valence-corrected chi connectivity index (χ1v) is 6.84. The highest BCUT2D eigenvalue weighted by atomic mass is 79.9. The summed E-state index contributed by atoms with van der Waals surface area (Å²) >= 11 is 10.1. The summed E-state index contributed by atoms with van der Waals surface area (Å²) in [5, 5.41) is 0.0651. The number of methoxy groups -OCH3 is 1. The summed E-state index contributed by atoms with van der Waals surface area (Å²) in [6, 6.07) is 5.96. The lowest BCUT2D eigenvalue weighted by Gasteiger charge is -2.21. The molecule has 1 aromatic carbocycles. The van der Waals surface area contributed by atoms with E-state index in [1.807, 2.05) is 18.2 Å². The number of hydrogen-bond acceptors (Lipinski definition) is 1. The molecule has 0 aromatic heterocycles. The third-order valence-corrected chi connectivity index (χ3v) is 4.25. The molecular weight excluding hydrogens is 287 g/mol. The van der Waals surface area contributed by atoms with Crippen molar-refractivity contribution in [2.45, 2.75) is 32.1 Å². The molecule has 0 radical (unpaired) electrons. The summed E-state index contributed by atoms with van der Waals surface area (Å²) in [5.41, 5.74) is 1.15. The minimum Gasteiger partial charge on any atom is -0.497 e. The van der Waals surface area contributed by atoms with E-state index in [4.69, 9.17) is 16.3 Å². The fourth-order valence-electron chi connectivity index (χ4n) is 1.81. The maximum absolute atomic E-state index is 6.50. The van der Waals surface area contributed by atoms with Crippen LogP contribution in [-0.4, -0.2) is 7.11 Å². The van der Waals surface area contributed by atoms with Gasteiger partial charge in [0.2, 0.25) is 0 Å². The number of rotatable bonds is 5. The van der Waals surface area contributed by atoms with Crippen LogP contribution in [0.25, 0.3) is 0 Å². The molecule has 90 valence electrons. The first-order valence-electron chi connectivity index (χ1n) is 5.61. The number of benzene rings is 1. The van der Waals surface area contributed by atoms with Crippen LogP contribution in [0.5, 0.6) is 5.75 Å². The van der Waals surface area contributed by atoms with E-state index < -0.39 is 0 Å². The van der Waals surface area contributed by atoms with E-state index in [1.165, 1.54) is 0 Å². The van der Waals surface area contributed by atoms with Gasteiger partial charge in [0.1, 0.15) is 5.75 Å². The molecule has 1 nitrogen and oxygen atoms in total. The van der Waals surface area contributed by atoms with Gasteiger partial charge in [-0.1, -0.05) is 48.7 Å². The van der Waals surface area contributed by atoms with Crippen LogP contribution in [0, 0.1) is 5.92 Å². The highest BCUT2D eigenvalue weighted by molar-refractivity contribution is 9.10. The SMILES string of the molecule is CCC(CC)C(Cl)c1ccc(OC)cc1Br. The average Bonchev–Trinajstić information content (AvgIpc) is 2.30. The molecule has 16 heavy (non-hydrogen) atoms. The molecule has 0 aliphatic carbocycles. The van der Waals surface area contributed by atoms with Crippen molar-refractivity contribution in [1.82, 2.24) is 0 Å². The van der Waals surface area contributed by atoms with Gasteiger partial charge < -0.3 is 4.74 Å². The van der Waals surface area contributed by atoms with Crippen LogP contribution in [0.2, 0.25) is 0 Å². The molecule has 1 atom stereocenters. The number of halogens is 2. The quantitative estimate of drug-likeness (QED) is 0.682. The predicted molar refractivity (Wildman–Crippen MR) is 73.4 cm³/mol. The number of ether oxygens (including phenoxy) is 1. The van der Waals surface area contributed by atoms with Crippen molar-refractivity contribution >= 4 is 27.5 Å². The third kappa shape index (κ3) is 3.14. The Hall–Kier alpha value is -0.210. The summed E-state index contributed by atoms with van der Waals surface area (Å²) < 4.78 is 6.20. The highest BCUT2D eigenvalue weighted by Crippen LogP contribution is 2.38. The number of hydrogen-bond donors (Lipinski definition) is 0. The normalized spacial score (nSPS) is 12.9. The van der Waals surface area contributed by atoms with Crippen molar-refractivity contribution in [3.05, 3.63) is 28.2 Å². The lowest BCUT2D eigenvalue weighted by Crippen LogP contribution is -2.06. The van der Waals surface area contributed by atoms with E-state index in [0.717, 1.165) is 28.6 Å². The zero-order valence-electron chi connectivity index (χ0n) is 9.97. The summed E-state index contributed by atoms with van der Waals surface area (Å²) in [5.74, 6) is 1.37. The van der Waals surface area contributed by atoms with Crippen LogP contribution in [-0.2, 0) is 0 Å². The Bertz CT molecular complexity index is 337. The van der Waals surface area contributed by atoms with Gasteiger partial charge in [0.05, 0.1) is 12.5 Å². The second-order valence-electron chi connectivity index (χ2n) is 3.87. The van der Waals surface area contributed by atoms with E-state index >= 15 is 0 Å².